The molecule has 0 saturated carbocycles. The summed E-state index contributed by atoms with van der Waals surface area (Å²) in [6.45, 7) is 3.02. The number of methoxy groups -OCH3 is 1. The van der Waals surface area contributed by atoms with E-state index < -0.39 is 0 Å². The number of nitrogens with zero attached hydrogens (tertiary/aromatic N) is 3. The van der Waals surface area contributed by atoms with Gasteiger partial charge in [0.15, 0.2) is 0 Å². The Labute approximate surface area is 117 Å². The van der Waals surface area contributed by atoms with Crippen molar-refractivity contribution in [3.8, 4) is 11.4 Å². The molecule has 0 spiro atoms. The monoisotopic (exact) mass is 281 g/mol. The van der Waals surface area contributed by atoms with E-state index in [1.165, 1.54) is 0 Å². The van der Waals surface area contributed by atoms with Crippen molar-refractivity contribution < 1.29 is 9.47 Å². The number of hydrogen-bond acceptors (Lipinski definition) is 4. The maximum atomic E-state index is 5.84. The number of halogens is 1. The Bertz CT molecular complexity index is 525. The van der Waals surface area contributed by atoms with Crippen LogP contribution in [-0.2, 0) is 17.2 Å². The molecule has 0 aliphatic heterocycles. The van der Waals surface area contributed by atoms with E-state index in [0.29, 0.717) is 19.1 Å². The van der Waals surface area contributed by atoms with E-state index >= 15 is 0 Å². The Balaban J connectivity index is 2.32. The van der Waals surface area contributed by atoms with Gasteiger partial charge in [-0.3, -0.25) is 0 Å². The number of alkyl halides is 1. The Morgan fingerprint density at radius 2 is 2.00 bits per heavy atom. The van der Waals surface area contributed by atoms with Crippen molar-refractivity contribution in [2.24, 2.45) is 0 Å². The van der Waals surface area contributed by atoms with Crippen LogP contribution in [-0.4, -0.2) is 28.7 Å². The molecule has 1 aromatic heterocycles. The first-order chi connectivity index (χ1) is 9.30. The third-order valence-electron chi connectivity index (χ3n) is 2.64. The zero-order valence-electron chi connectivity index (χ0n) is 11.0. The van der Waals surface area contributed by atoms with Crippen molar-refractivity contribution in [1.82, 2.24) is 15.0 Å². The summed E-state index contributed by atoms with van der Waals surface area (Å²) in [6, 6.07) is 7.66. The van der Waals surface area contributed by atoms with Gasteiger partial charge >= 0.3 is 0 Å². The topological polar surface area (TPSA) is 49.2 Å². The van der Waals surface area contributed by atoms with Crippen molar-refractivity contribution in [3.05, 3.63) is 35.7 Å². The summed E-state index contributed by atoms with van der Waals surface area (Å²) in [6.07, 6.45) is 0. The highest BCUT2D eigenvalue weighted by atomic mass is 35.5. The molecule has 0 saturated heterocycles. The van der Waals surface area contributed by atoms with Gasteiger partial charge in [0.25, 0.3) is 0 Å². The maximum absolute atomic E-state index is 5.84. The Kier molecular flexibility index (Phi) is 4.76. The van der Waals surface area contributed by atoms with E-state index in [1.54, 1.807) is 11.8 Å². The number of ether oxygens (including phenoxy) is 2. The van der Waals surface area contributed by atoms with Gasteiger partial charge in [-0.1, -0.05) is 5.21 Å². The standard InChI is InChI=1S/C13H16ClN3O2/c1-3-19-11-6-4-10(5-7-11)17-13(9-18-2)12(8-14)15-16-17/h4-7H,3,8-9H2,1-2H3. The lowest BCUT2D eigenvalue weighted by Gasteiger charge is -2.08. The molecule has 1 aromatic carbocycles. The van der Waals surface area contributed by atoms with Gasteiger partial charge in [0.05, 0.1) is 30.5 Å². The van der Waals surface area contributed by atoms with Crippen molar-refractivity contribution in [3.63, 3.8) is 0 Å². The molecule has 1 heterocycles. The largest absolute Gasteiger partial charge is 0.494 e. The molecular formula is C13H16ClN3O2. The van der Waals surface area contributed by atoms with Crippen LogP contribution in [0, 0.1) is 0 Å². The molecule has 6 heteroatoms. The van der Waals surface area contributed by atoms with Crippen LogP contribution in [0.25, 0.3) is 5.69 Å². The predicted molar refractivity (Wildman–Crippen MR) is 72.8 cm³/mol. The number of rotatable bonds is 6. The minimum Gasteiger partial charge on any atom is -0.494 e. The average Bonchev–Trinajstić information content (AvgIpc) is 2.83. The van der Waals surface area contributed by atoms with Crippen LogP contribution in [0.3, 0.4) is 0 Å². The van der Waals surface area contributed by atoms with Crippen LogP contribution < -0.4 is 4.74 Å². The van der Waals surface area contributed by atoms with Gasteiger partial charge in [-0.05, 0) is 31.2 Å². The molecule has 0 radical (unpaired) electrons. The predicted octanol–water partition coefficient (Wildman–Crippen LogP) is 2.55. The molecule has 0 atom stereocenters. The molecule has 0 amide bonds. The summed E-state index contributed by atoms with van der Waals surface area (Å²) < 4.78 is 12.3. The van der Waals surface area contributed by atoms with Crippen molar-refractivity contribution in [1.29, 1.82) is 0 Å². The van der Waals surface area contributed by atoms with E-state index in [4.69, 9.17) is 21.1 Å². The second kappa shape index (κ2) is 6.54. The Morgan fingerprint density at radius 3 is 2.58 bits per heavy atom. The number of benzene rings is 1. The molecule has 19 heavy (non-hydrogen) atoms. The summed E-state index contributed by atoms with van der Waals surface area (Å²) >= 11 is 5.84. The molecule has 2 aromatic rings. The molecule has 2 rings (SSSR count). The molecule has 0 aliphatic rings. The zero-order valence-corrected chi connectivity index (χ0v) is 11.7. The third kappa shape index (κ3) is 3.05. The fraction of sp³-hybridized carbons (Fsp3) is 0.385. The summed E-state index contributed by atoms with van der Waals surface area (Å²) in [5, 5.41) is 8.17. The van der Waals surface area contributed by atoms with E-state index in [1.807, 2.05) is 31.2 Å². The lowest BCUT2D eigenvalue weighted by molar-refractivity contribution is 0.178. The van der Waals surface area contributed by atoms with Gasteiger partial charge in [0.2, 0.25) is 0 Å². The first-order valence-electron chi connectivity index (χ1n) is 6.01. The lowest BCUT2D eigenvalue weighted by Crippen LogP contribution is -2.04. The lowest BCUT2D eigenvalue weighted by atomic mass is 10.3. The van der Waals surface area contributed by atoms with Crippen molar-refractivity contribution >= 4 is 11.6 Å². The summed E-state index contributed by atoms with van der Waals surface area (Å²) in [4.78, 5) is 0. The van der Waals surface area contributed by atoms with Crippen molar-refractivity contribution in [2.75, 3.05) is 13.7 Å². The first kappa shape index (κ1) is 13.8. The summed E-state index contributed by atoms with van der Waals surface area (Å²) in [5.74, 6) is 1.15. The first-order valence-corrected chi connectivity index (χ1v) is 6.55. The second-order valence-electron chi connectivity index (χ2n) is 3.89. The Morgan fingerprint density at radius 1 is 1.26 bits per heavy atom. The highest BCUT2D eigenvalue weighted by molar-refractivity contribution is 6.16. The molecule has 102 valence electrons. The molecule has 0 aliphatic carbocycles. The van der Waals surface area contributed by atoms with Crippen LogP contribution in [0.5, 0.6) is 5.75 Å². The molecule has 5 nitrogen and oxygen atoms in total. The molecular weight excluding hydrogens is 266 g/mol. The molecule has 0 unspecified atom stereocenters. The fourth-order valence-electron chi connectivity index (χ4n) is 1.78. The zero-order chi connectivity index (χ0) is 13.7. The summed E-state index contributed by atoms with van der Waals surface area (Å²) in [7, 11) is 1.63. The second-order valence-corrected chi connectivity index (χ2v) is 4.16. The summed E-state index contributed by atoms with van der Waals surface area (Å²) in [5.41, 5.74) is 2.50. The van der Waals surface area contributed by atoms with Gasteiger partial charge in [-0.15, -0.1) is 16.7 Å². The van der Waals surface area contributed by atoms with Gasteiger partial charge in [0, 0.05) is 7.11 Å². The van der Waals surface area contributed by atoms with Crippen LogP contribution in [0.15, 0.2) is 24.3 Å². The normalized spacial score (nSPS) is 10.7. The van der Waals surface area contributed by atoms with Gasteiger partial charge in [-0.25, -0.2) is 4.68 Å². The minimum absolute atomic E-state index is 0.315. The maximum Gasteiger partial charge on any atom is 0.119 e. The highest BCUT2D eigenvalue weighted by Crippen LogP contribution is 2.18. The number of aromatic nitrogens is 3. The highest BCUT2D eigenvalue weighted by Gasteiger charge is 2.13. The molecule has 0 bridgehead atoms. The Hall–Kier alpha value is -1.59. The quantitative estimate of drug-likeness (QED) is 0.764. The SMILES string of the molecule is CCOc1ccc(-n2nnc(CCl)c2COC)cc1. The van der Waals surface area contributed by atoms with Crippen LogP contribution in [0.2, 0.25) is 0 Å². The van der Waals surface area contributed by atoms with Gasteiger partial charge in [-0.2, -0.15) is 0 Å². The smallest absolute Gasteiger partial charge is 0.119 e. The molecule has 0 N–H and O–H groups in total. The van der Waals surface area contributed by atoms with Crippen LogP contribution in [0.4, 0.5) is 0 Å². The van der Waals surface area contributed by atoms with E-state index in [0.717, 1.165) is 22.8 Å². The van der Waals surface area contributed by atoms with Crippen LogP contribution in [0.1, 0.15) is 18.3 Å². The van der Waals surface area contributed by atoms with Gasteiger partial charge in [0.1, 0.15) is 11.4 Å². The number of hydrogen-bond donors (Lipinski definition) is 0. The van der Waals surface area contributed by atoms with Crippen molar-refractivity contribution in [2.45, 2.75) is 19.4 Å². The average molecular weight is 282 g/mol. The van der Waals surface area contributed by atoms with Gasteiger partial charge < -0.3 is 9.47 Å². The molecule has 0 fully saturated rings. The third-order valence-corrected chi connectivity index (χ3v) is 2.90. The van der Waals surface area contributed by atoms with E-state index in [9.17, 15) is 0 Å². The minimum atomic E-state index is 0.315. The van der Waals surface area contributed by atoms with E-state index in [2.05, 4.69) is 10.3 Å². The van der Waals surface area contributed by atoms with Crippen LogP contribution >= 0.6 is 11.6 Å². The fourth-order valence-corrected chi connectivity index (χ4v) is 1.98. The van der Waals surface area contributed by atoms with E-state index in [-0.39, 0.29) is 0 Å².